The number of hydrogen-bond acceptors (Lipinski definition) is 5. The number of nitrogens with one attached hydrogen (secondary N) is 2. The SMILES string of the molecule is CC(C)N1CCc2c(sc3c2C(=O)NC(c2ccc(OCc4ccccc4Cl)cc2)N3)C1. The minimum atomic E-state index is -0.256. The largest absolute Gasteiger partial charge is 0.489 e. The Morgan fingerprint density at radius 2 is 1.94 bits per heavy atom. The van der Waals surface area contributed by atoms with Gasteiger partial charge in [-0.15, -0.1) is 11.3 Å². The first kappa shape index (κ1) is 21.3. The topological polar surface area (TPSA) is 53.6 Å². The zero-order valence-corrected chi connectivity index (χ0v) is 19.7. The van der Waals surface area contributed by atoms with Crippen LogP contribution in [0, 0.1) is 0 Å². The molecule has 0 fully saturated rings. The highest BCUT2D eigenvalue weighted by atomic mass is 35.5. The van der Waals surface area contributed by atoms with Gasteiger partial charge in [-0.1, -0.05) is 41.9 Å². The van der Waals surface area contributed by atoms with Crippen LogP contribution in [0.3, 0.4) is 0 Å². The highest BCUT2D eigenvalue weighted by molar-refractivity contribution is 7.16. The smallest absolute Gasteiger partial charge is 0.256 e. The van der Waals surface area contributed by atoms with E-state index in [1.165, 1.54) is 10.4 Å². The van der Waals surface area contributed by atoms with E-state index in [1.54, 1.807) is 11.3 Å². The van der Waals surface area contributed by atoms with Crippen molar-refractivity contribution in [3.8, 4) is 5.75 Å². The third-order valence-corrected chi connectivity index (χ3v) is 7.68. The van der Waals surface area contributed by atoms with Crippen LogP contribution in [0.5, 0.6) is 5.75 Å². The van der Waals surface area contributed by atoms with Crippen LogP contribution < -0.4 is 15.4 Å². The van der Waals surface area contributed by atoms with Gasteiger partial charge in [0.25, 0.3) is 5.91 Å². The van der Waals surface area contributed by atoms with Crippen LogP contribution in [0.25, 0.3) is 0 Å². The number of halogens is 1. The lowest BCUT2D eigenvalue weighted by Crippen LogP contribution is -2.39. The van der Waals surface area contributed by atoms with Crippen molar-refractivity contribution in [2.75, 3.05) is 11.9 Å². The molecule has 7 heteroatoms. The summed E-state index contributed by atoms with van der Waals surface area (Å²) in [6.45, 7) is 6.78. The van der Waals surface area contributed by atoms with E-state index in [4.69, 9.17) is 16.3 Å². The molecule has 2 N–H and O–H groups in total. The maximum Gasteiger partial charge on any atom is 0.256 e. The Labute approximate surface area is 197 Å². The fraction of sp³-hybridized carbons (Fsp3) is 0.320. The van der Waals surface area contributed by atoms with Gasteiger partial charge in [0.1, 0.15) is 23.5 Å². The number of thiophene rings is 1. The maximum absolute atomic E-state index is 13.0. The second kappa shape index (κ2) is 8.77. The Morgan fingerprint density at radius 1 is 1.16 bits per heavy atom. The van der Waals surface area contributed by atoms with Crippen LogP contribution in [-0.4, -0.2) is 23.4 Å². The molecule has 5 rings (SSSR count). The van der Waals surface area contributed by atoms with Crippen molar-refractivity contribution >= 4 is 33.8 Å². The molecule has 0 saturated carbocycles. The first-order chi connectivity index (χ1) is 15.5. The third-order valence-electron chi connectivity index (χ3n) is 6.16. The standard InChI is InChI=1S/C25H26ClN3O2S/c1-15(2)29-12-11-19-21(13-29)32-25-22(19)24(30)27-23(28-25)16-7-9-18(10-8-16)31-14-17-5-3-4-6-20(17)26/h3-10,15,23,28H,11-14H2,1-2H3,(H,27,30). The predicted molar refractivity (Wildman–Crippen MR) is 130 cm³/mol. The molecule has 2 aromatic carbocycles. The van der Waals surface area contributed by atoms with E-state index < -0.39 is 0 Å². The number of anilines is 1. The van der Waals surface area contributed by atoms with E-state index >= 15 is 0 Å². The van der Waals surface area contributed by atoms with Gasteiger partial charge in [0.2, 0.25) is 0 Å². The zero-order chi connectivity index (χ0) is 22.2. The fourth-order valence-electron chi connectivity index (χ4n) is 4.28. The van der Waals surface area contributed by atoms with Gasteiger partial charge in [-0.2, -0.15) is 0 Å². The molecular formula is C25H26ClN3O2S. The molecule has 2 aliphatic heterocycles. The number of benzene rings is 2. The second-order valence-corrected chi connectivity index (χ2v) is 10.0. The molecule has 3 aromatic rings. The van der Waals surface area contributed by atoms with Crippen LogP contribution in [0.1, 0.15) is 51.9 Å². The summed E-state index contributed by atoms with van der Waals surface area (Å²) in [6, 6.07) is 16.0. The zero-order valence-electron chi connectivity index (χ0n) is 18.2. The summed E-state index contributed by atoms with van der Waals surface area (Å²) < 4.78 is 5.88. The van der Waals surface area contributed by atoms with Gasteiger partial charge in [-0.05, 0) is 49.6 Å². The molecule has 1 atom stereocenters. The third kappa shape index (κ3) is 4.10. The summed E-state index contributed by atoms with van der Waals surface area (Å²) >= 11 is 7.92. The molecular weight excluding hydrogens is 442 g/mol. The summed E-state index contributed by atoms with van der Waals surface area (Å²) in [4.78, 5) is 16.7. The average Bonchev–Trinajstić information content (AvgIpc) is 3.17. The summed E-state index contributed by atoms with van der Waals surface area (Å²) in [6.07, 6.45) is 0.672. The number of fused-ring (bicyclic) bond motifs is 3. The molecule has 0 aliphatic carbocycles. The van der Waals surface area contributed by atoms with Crippen LogP contribution in [-0.2, 0) is 19.6 Å². The molecule has 0 spiro atoms. The number of nitrogens with zero attached hydrogens (tertiary/aromatic N) is 1. The van der Waals surface area contributed by atoms with Crippen LogP contribution in [0.15, 0.2) is 48.5 Å². The van der Waals surface area contributed by atoms with Crippen molar-refractivity contribution in [2.45, 2.75) is 45.6 Å². The van der Waals surface area contributed by atoms with Crippen LogP contribution in [0.4, 0.5) is 5.00 Å². The maximum atomic E-state index is 13.0. The van der Waals surface area contributed by atoms with E-state index in [9.17, 15) is 4.79 Å². The van der Waals surface area contributed by atoms with Crippen LogP contribution in [0.2, 0.25) is 5.02 Å². The lowest BCUT2D eigenvalue weighted by Gasteiger charge is -2.31. The number of amides is 1. The lowest BCUT2D eigenvalue weighted by atomic mass is 9.99. The Bertz CT molecular complexity index is 1140. The highest BCUT2D eigenvalue weighted by Gasteiger charge is 2.33. The summed E-state index contributed by atoms with van der Waals surface area (Å²) in [5.41, 5.74) is 3.99. The molecule has 166 valence electrons. The van der Waals surface area contributed by atoms with Gasteiger partial charge in [0.05, 0.1) is 5.56 Å². The molecule has 0 bridgehead atoms. The van der Waals surface area contributed by atoms with Crippen LogP contribution >= 0.6 is 22.9 Å². The van der Waals surface area contributed by atoms with Crippen molar-refractivity contribution in [3.05, 3.63) is 80.7 Å². The van der Waals surface area contributed by atoms with Gasteiger partial charge in [-0.25, -0.2) is 0 Å². The minimum Gasteiger partial charge on any atom is -0.489 e. The number of ether oxygens (including phenoxy) is 1. The van der Waals surface area contributed by atoms with E-state index in [0.29, 0.717) is 17.7 Å². The Morgan fingerprint density at radius 3 is 2.69 bits per heavy atom. The number of carbonyl (C=O) groups is 1. The van der Waals surface area contributed by atoms with E-state index in [1.807, 2.05) is 48.5 Å². The van der Waals surface area contributed by atoms with Gasteiger partial charge < -0.3 is 15.4 Å². The van der Waals surface area contributed by atoms with Gasteiger partial charge in [0.15, 0.2) is 0 Å². The predicted octanol–water partition coefficient (Wildman–Crippen LogP) is 5.60. The van der Waals surface area contributed by atoms with Crippen molar-refractivity contribution in [3.63, 3.8) is 0 Å². The van der Waals surface area contributed by atoms with Gasteiger partial charge >= 0.3 is 0 Å². The molecule has 3 heterocycles. The Kier molecular flexibility index (Phi) is 5.84. The van der Waals surface area contributed by atoms with E-state index in [2.05, 4.69) is 29.4 Å². The van der Waals surface area contributed by atoms with Crippen molar-refractivity contribution < 1.29 is 9.53 Å². The summed E-state index contributed by atoms with van der Waals surface area (Å²) in [5, 5.41) is 8.35. The monoisotopic (exact) mass is 467 g/mol. The van der Waals surface area contributed by atoms with Gasteiger partial charge in [-0.3, -0.25) is 9.69 Å². The Balaban J connectivity index is 1.29. The molecule has 1 aromatic heterocycles. The van der Waals surface area contributed by atoms with E-state index in [0.717, 1.165) is 47.0 Å². The molecule has 2 aliphatic rings. The molecule has 0 saturated heterocycles. The average molecular weight is 468 g/mol. The minimum absolute atomic E-state index is 0.0123. The number of rotatable bonds is 5. The molecule has 32 heavy (non-hydrogen) atoms. The first-order valence-electron chi connectivity index (χ1n) is 10.9. The highest BCUT2D eigenvalue weighted by Crippen LogP contribution is 2.41. The Hall–Kier alpha value is -2.54. The van der Waals surface area contributed by atoms with Gasteiger partial charge in [0, 0.05) is 34.6 Å². The fourth-order valence-corrected chi connectivity index (χ4v) is 5.77. The summed E-state index contributed by atoms with van der Waals surface area (Å²) in [7, 11) is 0. The number of hydrogen-bond donors (Lipinski definition) is 2. The first-order valence-corrected chi connectivity index (χ1v) is 12.1. The molecule has 0 radical (unpaired) electrons. The van der Waals surface area contributed by atoms with E-state index in [-0.39, 0.29) is 12.1 Å². The second-order valence-electron chi connectivity index (χ2n) is 8.52. The molecule has 1 amide bonds. The molecule has 5 nitrogen and oxygen atoms in total. The molecule has 1 unspecified atom stereocenters. The van der Waals surface area contributed by atoms with Crippen molar-refractivity contribution in [2.24, 2.45) is 0 Å². The number of carbonyl (C=O) groups excluding carboxylic acids is 1. The normalized spacial score (nSPS) is 18.0. The van der Waals surface area contributed by atoms with Crippen molar-refractivity contribution in [1.82, 2.24) is 10.2 Å². The summed E-state index contributed by atoms with van der Waals surface area (Å²) in [5.74, 6) is 0.773. The van der Waals surface area contributed by atoms with Crippen molar-refractivity contribution in [1.29, 1.82) is 0 Å². The lowest BCUT2D eigenvalue weighted by molar-refractivity contribution is 0.0934. The quantitative estimate of drug-likeness (QED) is 0.512.